The number of hydrogen-bond donors (Lipinski definition) is 2. The van der Waals surface area contributed by atoms with Gasteiger partial charge in [0.05, 0.1) is 12.6 Å². The van der Waals surface area contributed by atoms with E-state index >= 15 is 0 Å². The predicted octanol–water partition coefficient (Wildman–Crippen LogP) is 4.04. The van der Waals surface area contributed by atoms with E-state index in [4.69, 9.17) is 0 Å². The first-order valence-electron chi connectivity index (χ1n) is 6.00. The largest absolute Gasteiger partial charge is 0.394 e. The standard InChI is InChI=1S/C15H15BrFNO/c1-10-4-2-3-5-14(10)18-15(9-19)12-7-6-11(17)8-13(12)16/h2-8,15,18-19H,9H2,1H3. The van der Waals surface area contributed by atoms with Crippen LogP contribution in [0.25, 0.3) is 0 Å². The second-order valence-corrected chi connectivity index (χ2v) is 5.21. The van der Waals surface area contributed by atoms with Crippen LogP contribution in [0.1, 0.15) is 17.2 Å². The number of nitrogens with one attached hydrogen (secondary N) is 1. The van der Waals surface area contributed by atoms with Crippen molar-refractivity contribution in [3.8, 4) is 0 Å². The average molecular weight is 324 g/mol. The molecule has 0 fully saturated rings. The van der Waals surface area contributed by atoms with E-state index in [1.807, 2.05) is 31.2 Å². The Morgan fingerprint density at radius 3 is 2.63 bits per heavy atom. The lowest BCUT2D eigenvalue weighted by molar-refractivity contribution is 0.276. The van der Waals surface area contributed by atoms with Gasteiger partial charge in [-0.1, -0.05) is 40.2 Å². The van der Waals surface area contributed by atoms with E-state index in [0.717, 1.165) is 16.8 Å². The molecule has 1 unspecified atom stereocenters. The molecule has 0 aliphatic carbocycles. The molecule has 0 aliphatic heterocycles. The Balaban J connectivity index is 2.28. The molecule has 0 aromatic heterocycles. The van der Waals surface area contributed by atoms with E-state index in [9.17, 15) is 9.50 Å². The highest BCUT2D eigenvalue weighted by Gasteiger charge is 2.14. The molecule has 0 bridgehead atoms. The minimum absolute atomic E-state index is 0.0709. The fourth-order valence-electron chi connectivity index (χ4n) is 1.93. The quantitative estimate of drug-likeness (QED) is 0.889. The summed E-state index contributed by atoms with van der Waals surface area (Å²) in [5.41, 5.74) is 2.88. The van der Waals surface area contributed by atoms with Gasteiger partial charge < -0.3 is 10.4 Å². The number of anilines is 1. The van der Waals surface area contributed by atoms with Gasteiger partial charge >= 0.3 is 0 Å². The topological polar surface area (TPSA) is 32.3 Å². The van der Waals surface area contributed by atoms with Gasteiger partial charge in [-0.3, -0.25) is 0 Å². The maximum absolute atomic E-state index is 13.1. The number of benzene rings is 2. The van der Waals surface area contributed by atoms with Gasteiger partial charge in [-0.15, -0.1) is 0 Å². The summed E-state index contributed by atoms with van der Waals surface area (Å²) in [6.07, 6.45) is 0. The van der Waals surface area contributed by atoms with E-state index in [1.54, 1.807) is 6.07 Å². The summed E-state index contributed by atoms with van der Waals surface area (Å²) in [7, 11) is 0. The van der Waals surface area contributed by atoms with Crippen LogP contribution >= 0.6 is 15.9 Å². The molecule has 0 saturated heterocycles. The molecule has 0 aliphatic rings. The molecule has 2 aromatic rings. The van der Waals surface area contributed by atoms with Crippen molar-refractivity contribution in [1.82, 2.24) is 0 Å². The van der Waals surface area contributed by atoms with Crippen LogP contribution in [0.5, 0.6) is 0 Å². The molecule has 2 nitrogen and oxygen atoms in total. The normalized spacial score (nSPS) is 12.2. The fraction of sp³-hybridized carbons (Fsp3) is 0.200. The molecule has 0 spiro atoms. The Hall–Kier alpha value is -1.39. The molecule has 2 aromatic carbocycles. The summed E-state index contributed by atoms with van der Waals surface area (Å²) in [5, 5.41) is 12.8. The monoisotopic (exact) mass is 323 g/mol. The Morgan fingerprint density at radius 2 is 2.00 bits per heavy atom. The third kappa shape index (κ3) is 3.33. The maximum Gasteiger partial charge on any atom is 0.124 e. The van der Waals surface area contributed by atoms with Crippen molar-refractivity contribution in [1.29, 1.82) is 0 Å². The molecule has 0 saturated carbocycles. The zero-order valence-corrected chi connectivity index (χ0v) is 12.1. The minimum Gasteiger partial charge on any atom is -0.394 e. The fourth-order valence-corrected chi connectivity index (χ4v) is 2.56. The summed E-state index contributed by atoms with van der Waals surface area (Å²) in [6, 6.07) is 12.0. The molecule has 2 rings (SSSR count). The summed E-state index contributed by atoms with van der Waals surface area (Å²) in [4.78, 5) is 0. The van der Waals surface area contributed by atoms with Crippen molar-refractivity contribution < 1.29 is 9.50 Å². The first kappa shape index (κ1) is 14.0. The number of hydrogen-bond acceptors (Lipinski definition) is 2. The van der Waals surface area contributed by atoms with Gasteiger partial charge in [0.2, 0.25) is 0 Å². The third-order valence-corrected chi connectivity index (χ3v) is 3.68. The van der Waals surface area contributed by atoms with Crippen molar-refractivity contribution in [3.05, 3.63) is 63.9 Å². The lowest BCUT2D eigenvalue weighted by Gasteiger charge is -2.20. The van der Waals surface area contributed by atoms with Crippen LogP contribution in [0.3, 0.4) is 0 Å². The van der Waals surface area contributed by atoms with Crippen LogP contribution in [0.2, 0.25) is 0 Å². The first-order chi connectivity index (χ1) is 9.11. The molecule has 100 valence electrons. The first-order valence-corrected chi connectivity index (χ1v) is 6.79. The lowest BCUT2D eigenvalue weighted by atomic mass is 10.1. The molecule has 19 heavy (non-hydrogen) atoms. The zero-order chi connectivity index (χ0) is 13.8. The lowest BCUT2D eigenvalue weighted by Crippen LogP contribution is -2.16. The van der Waals surface area contributed by atoms with Crippen LogP contribution in [-0.4, -0.2) is 11.7 Å². The third-order valence-electron chi connectivity index (χ3n) is 3.00. The summed E-state index contributed by atoms with van der Waals surface area (Å²) >= 11 is 3.33. The van der Waals surface area contributed by atoms with Crippen LogP contribution in [0, 0.1) is 12.7 Å². The van der Waals surface area contributed by atoms with Gasteiger partial charge in [0.15, 0.2) is 0 Å². The van der Waals surface area contributed by atoms with Crippen molar-refractivity contribution in [3.63, 3.8) is 0 Å². The average Bonchev–Trinajstić information content (AvgIpc) is 2.39. The molecular formula is C15H15BrFNO. The van der Waals surface area contributed by atoms with Crippen molar-refractivity contribution in [2.24, 2.45) is 0 Å². The van der Waals surface area contributed by atoms with E-state index in [1.165, 1.54) is 12.1 Å². The van der Waals surface area contributed by atoms with Gasteiger partial charge in [0, 0.05) is 10.2 Å². The highest BCUT2D eigenvalue weighted by Crippen LogP contribution is 2.28. The Morgan fingerprint density at radius 1 is 1.26 bits per heavy atom. The van der Waals surface area contributed by atoms with Gasteiger partial charge in [-0.05, 0) is 36.2 Å². The molecule has 0 radical (unpaired) electrons. The van der Waals surface area contributed by atoms with Gasteiger partial charge in [0.1, 0.15) is 5.82 Å². The van der Waals surface area contributed by atoms with Crippen molar-refractivity contribution >= 4 is 21.6 Å². The number of aliphatic hydroxyl groups is 1. The van der Waals surface area contributed by atoms with Crippen LogP contribution in [-0.2, 0) is 0 Å². The highest BCUT2D eigenvalue weighted by molar-refractivity contribution is 9.10. The van der Waals surface area contributed by atoms with Crippen molar-refractivity contribution in [2.75, 3.05) is 11.9 Å². The number of rotatable bonds is 4. The number of para-hydroxylation sites is 1. The van der Waals surface area contributed by atoms with E-state index in [-0.39, 0.29) is 18.5 Å². The Kier molecular flexibility index (Phi) is 4.56. The molecule has 2 N–H and O–H groups in total. The molecule has 1 atom stereocenters. The summed E-state index contributed by atoms with van der Waals surface area (Å²) < 4.78 is 13.7. The minimum atomic E-state index is -0.303. The van der Waals surface area contributed by atoms with Gasteiger partial charge in [0.25, 0.3) is 0 Å². The maximum atomic E-state index is 13.1. The predicted molar refractivity (Wildman–Crippen MR) is 78.7 cm³/mol. The smallest absolute Gasteiger partial charge is 0.124 e. The van der Waals surface area contributed by atoms with Crippen LogP contribution in [0.15, 0.2) is 46.9 Å². The number of aryl methyl sites for hydroxylation is 1. The summed E-state index contributed by atoms with van der Waals surface area (Å²) in [6.45, 7) is 1.93. The molecule has 0 amide bonds. The highest BCUT2D eigenvalue weighted by atomic mass is 79.9. The van der Waals surface area contributed by atoms with Crippen molar-refractivity contribution in [2.45, 2.75) is 13.0 Å². The SMILES string of the molecule is Cc1ccccc1NC(CO)c1ccc(F)cc1Br. The molecular weight excluding hydrogens is 309 g/mol. The Bertz CT molecular complexity index is 574. The van der Waals surface area contributed by atoms with E-state index in [0.29, 0.717) is 4.47 Å². The van der Waals surface area contributed by atoms with Gasteiger partial charge in [-0.25, -0.2) is 4.39 Å². The second kappa shape index (κ2) is 6.17. The van der Waals surface area contributed by atoms with E-state index < -0.39 is 0 Å². The summed E-state index contributed by atoms with van der Waals surface area (Å²) in [5.74, 6) is -0.303. The molecule has 0 heterocycles. The Labute approximate surface area is 120 Å². The van der Waals surface area contributed by atoms with Gasteiger partial charge in [-0.2, -0.15) is 0 Å². The van der Waals surface area contributed by atoms with Crippen LogP contribution < -0.4 is 5.32 Å². The molecule has 4 heteroatoms. The van der Waals surface area contributed by atoms with E-state index in [2.05, 4.69) is 21.2 Å². The number of aliphatic hydroxyl groups excluding tert-OH is 1. The zero-order valence-electron chi connectivity index (χ0n) is 10.5. The second-order valence-electron chi connectivity index (χ2n) is 4.36. The van der Waals surface area contributed by atoms with Crippen LogP contribution in [0.4, 0.5) is 10.1 Å². The number of halogens is 2.